The summed E-state index contributed by atoms with van der Waals surface area (Å²) >= 11 is 0. The minimum atomic E-state index is 0.901. The first-order chi connectivity index (χ1) is 25.8. The molecule has 0 atom stereocenters. The molecule has 3 nitrogen and oxygen atoms in total. The fourth-order valence-electron chi connectivity index (χ4n) is 8.30. The second-order valence-corrected chi connectivity index (χ2v) is 13.6. The van der Waals surface area contributed by atoms with Crippen LogP contribution in [0, 0.1) is 0 Å². The van der Waals surface area contributed by atoms with Crippen molar-refractivity contribution in [2.24, 2.45) is 0 Å². The van der Waals surface area contributed by atoms with Crippen LogP contribution in [0.15, 0.2) is 188 Å². The van der Waals surface area contributed by atoms with Crippen molar-refractivity contribution < 1.29 is 0 Å². The second kappa shape index (κ2) is 11.3. The van der Waals surface area contributed by atoms with Crippen LogP contribution < -0.4 is 0 Å². The molecule has 0 radical (unpaired) electrons. The van der Waals surface area contributed by atoms with E-state index in [0.717, 1.165) is 33.7 Å². The lowest BCUT2D eigenvalue weighted by Crippen LogP contribution is -2.00. The van der Waals surface area contributed by atoms with Crippen molar-refractivity contribution in [3.8, 4) is 45.0 Å². The molecule has 0 saturated heterocycles. The Morgan fingerprint density at radius 3 is 1.81 bits per heavy atom. The highest BCUT2D eigenvalue weighted by molar-refractivity contribution is 6.25. The van der Waals surface area contributed by atoms with Gasteiger partial charge in [-0.25, -0.2) is 4.98 Å². The van der Waals surface area contributed by atoms with Gasteiger partial charge in [-0.15, -0.1) is 0 Å². The van der Waals surface area contributed by atoms with Crippen molar-refractivity contribution in [2.75, 3.05) is 0 Å². The Labute approximate surface area is 300 Å². The highest BCUT2D eigenvalue weighted by atomic mass is 15.1. The summed E-state index contributed by atoms with van der Waals surface area (Å²) in [4.78, 5) is 5.33. The van der Waals surface area contributed by atoms with E-state index in [1.165, 1.54) is 65.7 Å². The lowest BCUT2D eigenvalue weighted by molar-refractivity contribution is 1.08. The smallest absolute Gasteiger partial charge is 0.138 e. The molecule has 0 aliphatic heterocycles. The summed E-state index contributed by atoms with van der Waals surface area (Å²) in [6.45, 7) is 0. The van der Waals surface area contributed by atoms with E-state index in [9.17, 15) is 0 Å². The molecule has 242 valence electrons. The molecule has 3 heterocycles. The van der Waals surface area contributed by atoms with Gasteiger partial charge in [0.15, 0.2) is 0 Å². The summed E-state index contributed by atoms with van der Waals surface area (Å²) in [6.07, 6.45) is 0. The van der Waals surface area contributed by atoms with E-state index in [2.05, 4.69) is 197 Å². The van der Waals surface area contributed by atoms with Crippen molar-refractivity contribution >= 4 is 54.4 Å². The summed E-state index contributed by atoms with van der Waals surface area (Å²) in [5, 5.41) is 7.58. The molecule has 8 aromatic carbocycles. The van der Waals surface area contributed by atoms with Gasteiger partial charge in [0.25, 0.3) is 0 Å². The van der Waals surface area contributed by atoms with Crippen LogP contribution in [-0.2, 0) is 0 Å². The molecule has 0 unspecified atom stereocenters. The third-order valence-corrected chi connectivity index (χ3v) is 10.6. The Morgan fingerprint density at radius 1 is 0.327 bits per heavy atom. The van der Waals surface area contributed by atoms with Gasteiger partial charge in [0.1, 0.15) is 5.82 Å². The van der Waals surface area contributed by atoms with Gasteiger partial charge in [0.2, 0.25) is 0 Å². The van der Waals surface area contributed by atoms with Gasteiger partial charge in [-0.1, -0.05) is 127 Å². The fraction of sp³-hybridized carbons (Fsp3) is 0. The van der Waals surface area contributed by atoms with Crippen LogP contribution in [0.3, 0.4) is 0 Å². The third kappa shape index (κ3) is 4.36. The molecule has 0 aliphatic carbocycles. The van der Waals surface area contributed by atoms with Crippen LogP contribution >= 0.6 is 0 Å². The summed E-state index contributed by atoms with van der Waals surface area (Å²) in [7, 11) is 0. The summed E-state index contributed by atoms with van der Waals surface area (Å²) in [6, 6.07) is 67.8. The van der Waals surface area contributed by atoms with Gasteiger partial charge in [-0.3, -0.25) is 4.57 Å². The quantitative estimate of drug-likeness (QED) is 0.168. The van der Waals surface area contributed by atoms with Gasteiger partial charge >= 0.3 is 0 Å². The van der Waals surface area contributed by atoms with Crippen LogP contribution in [0.4, 0.5) is 0 Å². The Hall–Kier alpha value is -6.97. The lowest BCUT2D eigenvalue weighted by Gasteiger charge is -2.13. The van der Waals surface area contributed by atoms with Gasteiger partial charge in [-0.2, -0.15) is 0 Å². The Kier molecular flexibility index (Phi) is 6.25. The van der Waals surface area contributed by atoms with Crippen molar-refractivity contribution in [3.05, 3.63) is 188 Å². The lowest BCUT2D eigenvalue weighted by atomic mass is 9.96. The molecule has 0 aliphatic rings. The molecule has 0 bridgehead atoms. The summed E-state index contributed by atoms with van der Waals surface area (Å²) < 4.78 is 4.76. The Morgan fingerprint density at radius 2 is 0.981 bits per heavy atom. The number of hydrogen-bond donors (Lipinski definition) is 0. The van der Waals surface area contributed by atoms with E-state index >= 15 is 0 Å². The van der Waals surface area contributed by atoms with Crippen molar-refractivity contribution in [3.63, 3.8) is 0 Å². The molecule has 0 saturated carbocycles. The summed E-state index contributed by atoms with van der Waals surface area (Å²) in [5.41, 5.74) is 12.6. The van der Waals surface area contributed by atoms with E-state index in [-0.39, 0.29) is 0 Å². The minimum absolute atomic E-state index is 0.901. The molecule has 3 heteroatoms. The van der Waals surface area contributed by atoms with Gasteiger partial charge < -0.3 is 4.57 Å². The maximum atomic E-state index is 5.33. The number of aromatic nitrogens is 3. The SMILES string of the molecule is c1ccc(-c2cc(-c3ccccc3)nc(-n3c4ccccc4c4cc(-c5cc6ccc7cccc8c7c6c(c5)n8-c5ccccc5)ccc43)c2)cc1. The second-order valence-electron chi connectivity index (χ2n) is 13.6. The average Bonchev–Trinajstić information content (AvgIpc) is 3.74. The first-order valence-corrected chi connectivity index (χ1v) is 17.8. The van der Waals surface area contributed by atoms with Crippen LogP contribution in [0.25, 0.3) is 99.4 Å². The number of rotatable bonds is 5. The van der Waals surface area contributed by atoms with Crippen molar-refractivity contribution in [1.82, 2.24) is 14.1 Å². The maximum absolute atomic E-state index is 5.33. The standard InChI is InChI=1S/C49H31N3/c1-4-13-32(14-5-1)38-29-42(33-15-6-2-7-16-33)50-47(31-38)52-43-21-11-10-20-40(43)41-28-35(25-26-44(41)52)37-27-36-24-23-34-17-12-22-45-48(34)49(36)46(30-37)51(45)39-18-8-3-9-19-39/h1-31H. The number of para-hydroxylation sites is 2. The average molecular weight is 662 g/mol. The molecule has 52 heavy (non-hydrogen) atoms. The van der Waals surface area contributed by atoms with Gasteiger partial charge in [-0.05, 0) is 93.7 Å². The number of nitrogens with zero attached hydrogens (tertiary/aromatic N) is 3. The largest absolute Gasteiger partial charge is 0.309 e. The predicted octanol–water partition coefficient (Wildman–Crippen LogP) is 12.9. The van der Waals surface area contributed by atoms with Crippen LogP contribution in [-0.4, -0.2) is 14.1 Å². The number of benzene rings is 8. The molecule has 0 fully saturated rings. The van der Waals surface area contributed by atoms with Crippen LogP contribution in [0.5, 0.6) is 0 Å². The molecule has 0 amide bonds. The third-order valence-electron chi connectivity index (χ3n) is 10.6. The van der Waals surface area contributed by atoms with E-state index in [1.54, 1.807) is 0 Å². The maximum Gasteiger partial charge on any atom is 0.138 e. The van der Waals surface area contributed by atoms with Gasteiger partial charge in [0, 0.05) is 32.8 Å². The Balaban J connectivity index is 1.15. The van der Waals surface area contributed by atoms with E-state index < -0.39 is 0 Å². The zero-order valence-electron chi connectivity index (χ0n) is 28.2. The molecule has 0 N–H and O–H groups in total. The van der Waals surface area contributed by atoms with Crippen molar-refractivity contribution in [2.45, 2.75) is 0 Å². The van der Waals surface area contributed by atoms with Gasteiger partial charge in [0.05, 0.1) is 27.8 Å². The van der Waals surface area contributed by atoms with E-state index in [1.807, 2.05) is 0 Å². The zero-order valence-corrected chi connectivity index (χ0v) is 28.2. The molecular formula is C49H31N3. The fourth-order valence-corrected chi connectivity index (χ4v) is 8.30. The molecule has 11 aromatic rings. The van der Waals surface area contributed by atoms with Crippen LogP contribution in [0.2, 0.25) is 0 Å². The molecule has 11 rings (SSSR count). The highest BCUT2D eigenvalue weighted by Crippen LogP contribution is 2.42. The van der Waals surface area contributed by atoms with Crippen molar-refractivity contribution in [1.29, 1.82) is 0 Å². The molecule has 0 spiro atoms. The Bertz CT molecular complexity index is 3040. The highest BCUT2D eigenvalue weighted by Gasteiger charge is 2.20. The number of pyridine rings is 1. The van der Waals surface area contributed by atoms with E-state index in [4.69, 9.17) is 4.98 Å². The monoisotopic (exact) mass is 661 g/mol. The minimum Gasteiger partial charge on any atom is -0.309 e. The first-order valence-electron chi connectivity index (χ1n) is 17.8. The topological polar surface area (TPSA) is 22.8 Å². The normalized spacial score (nSPS) is 11.8. The molecular weight excluding hydrogens is 631 g/mol. The van der Waals surface area contributed by atoms with E-state index in [0.29, 0.717) is 0 Å². The number of fused-ring (bicyclic) bond motifs is 3. The van der Waals surface area contributed by atoms with Crippen LogP contribution in [0.1, 0.15) is 0 Å². The predicted molar refractivity (Wildman–Crippen MR) is 218 cm³/mol. The molecule has 3 aromatic heterocycles. The first kappa shape index (κ1) is 28.8. The summed E-state index contributed by atoms with van der Waals surface area (Å²) in [5.74, 6) is 0.901. The zero-order chi connectivity index (χ0) is 34.2. The number of hydrogen-bond acceptors (Lipinski definition) is 1.